The number of hydrogen-bond donors (Lipinski definition) is 2. The van der Waals surface area contributed by atoms with E-state index in [9.17, 15) is 14.0 Å². The number of carbonyl (C=O) groups is 2. The molecule has 0 saturated carbocycles. The van der Waals surface area contributed by atoms with Crippen molar-refractivity contribution in [3.05, 3.63) is 29.6 Å². The van der Waals surface area contributed by atoms with Crippen LogP contribution in [0.2, 0.25) is 0 Å². The average Bonchev–Trinajstić information content (AvgIpc) is 2.30. The van der Waals surface area contributed by atoms with E-state index in [0.717, 1.165) is 6.07 Å². The third-order valence-electron chi connectivity index (χ3n) is 1.96. The summed E-state index contributed by atoms with van der Waals surface area (Å²) in [7, 11) is 0. The third kappa shape index (κ3) is 3.57. The fourth-order valence-electron chi connectivity index (χ4n) is 1.06. The lowest BCUT2D eigenvalue weighted by molar-refractivity contribution is -0.136. The maximum atomic E-state index is 13.1. The molecule has 6 heteroatoms. The second kappa shape index (κ2) is 5.61. The largest absolute Gasteiger partial charge is 0.335 e. The quantitative estimate of drug-likeness (QED) is 0.585. The minimum absolute atomic E-state index is 0.185. The molecule has 0 aliphatic rings. The van der Waals surface area contributed by atoms with Crippen LogP contribution in [0.5, 0.6) is 0 Å². The predicted molar refractivity (Wildman–Crippen MR) is 58.4 cm³/mol. The van der Waals surface area contributed by atoms with Crippen LogP contribution in [0.15, 0.2) is 18.2 Å². The first kappa shape index (κ1) is 12.6. The van der Waals surface area contributed by atoms with Crippen molar-refractivity contribution in [3.8, 4) is 6.07 Å². The van der Waals surface area contributed by atoms with Crippen molar-refractivity contribution in [2.24, 2.45) is 0 Å². The summed E-state index contributed by atoms with van der Waals surface area (Å²) in [5.41, 5.74) is 0.627. The molecule has 1 aromatic carbocycles. The molecule has 0 spiro atoms. The average molecular weight is 235 g/mol. The molecule has 0 aromatic heterocycles. The van der Waals surface area contributed by atoms with Crippen molar-refractivity contribution in [3.63, 3.8) is 0 Å². The fourth-order valence-corrected chi connectivity index (χ4v) is 1.06. The predicted octanol–water partition coefficient (Wildman–Crippen LogP) is 0.712. The second-order valence-electron chi connectivity index (χ2n) is 3.26. The van der Waals surface area contributed by atoms with Crippen LogP contribution in [-0.4, -0.2) is 18.4 Å². The Morgan fingerprint density at radius 1 is 1.41 bits per heavy atom. The maximum Gasteiger partial charge on any atom is 0.313 e. The van der Waals surface area contributed by atoms with Crippen molar-refractivity contribution in [2.75, 3.05) is 11.9 Å². The Morgan fingerprint density at radius 3 is 2.71 bits per heavy atom. The first-order chi connectivity index (χ1) is 8.04. The number of rotatable bonds is 2. The molecule has 0 aliphatic carbocycles. The number of amides is 2. The van der Waals surface area contributed by atoms with Gasteiger partial charge in [0.25, 0.3) is 0 Å². The summed E-state index contributed by atoms with van der Waals surface area (Å²) >= 11 is 0. The van der Waals surface area contributed by atoms with Crippen molar-refractivity contribution in [2.45, 2.75) is 6.92 Å². The summed E-state index contributed by atoms with van der Waals surface area (Å²) in [4.78, 5) is 22.3. The van der Waals surface area contributed by atoms with Crippen LogP contribution in [0.3, 0.4) is 0 Å². The van der Waals surface area contributed by atoms with Gasteiger partial charge in [0.15, 0.2) is 0 Å². The van der Waals surface area contributed by atoms with E-state index >= 15 is 0 Å². The molecular formula is C11H10FN3O2. The summed E-state index contributed by atoms with van der Waals surface area (Å²) in [6.07, 6.45) is 0. The van der Waals surface area contributed by atoms with Gasteiger partial charge < -0.3 is 10.6 Å². The summed E-state index contributed by atoms with van der Waals surface area (Å²) < 4.78 is 13.1. The molecule has 0 radical (unpaired) electrons. The van der Waals surface area contributed by atoms with E-state index in [0.29, 0.717) is 5.56 Å². The molecule has 5 nitrogen and oxygen atoms in total. The van der Waals surface area contributed by atoms with E-state index in [-0.39, 0.29) is 12.2 Å². The lowest BCUT2D eigenvalue weighted by Crippen LogP contribution is -2.35. The highest BCUT2D eigenvalue weighted by atomic mass is 19.1. The zero-order valence-corrected chi connectivity index (χ0v) is 9.08. The van der Waals surface area contributed by atoms with Crippen LogP contribution in [0, 0.1) is 24.1 Å². The van der Waals surface area contributed by atoms with E-state index in [1.807, 2.05) is 0 Å². The van der Waals surface area contributed by atoms with Crippen molar-refractivity contribution >= 4 is 17.5 Å². The highest BCUT2D eigenvalue weighted by Crippen LogP contribution is 2.13. The third-order valence-corrected chi connectivity index (χ3v) is 1.96. The number of benzene rings is 1. The molecule has 2 N–H and O–H groups in total. The van der Waals surface area contributed by atoms with Gasteiger partial charge in [0.05, 0.1) is 6.07 Å². The number of nitrogens with zero attached hydrogens (tertiary/aromatic N) is 1. The molecule has 0 unspecified atom stereocenters. The number of nitrogens with one attached hydrogen (secondary N) is 2. The Bertz CT molecular complexity index is 494. The summed E-state index contributed by atoms with van der Waals surface area (Å²) in [5, 5.41) is 12.5. The summed E-state index contributed by atoms with van der Waals surface area (Å²) in [6.45, 7) is 1.33. The van der Waals surface area contributed by atoms with Gasteiger partial charge in [0.2, 0.25) is 0 Å². The summed E-state index contributed by atoms with van der Waals surface area (Å²) in [5.74, 6) is -2.35. The summed E-state index contributed by atoms with van der Waals surface area (Å²) in [6, 6.07) is 5.74. The van der Waals surface area contributed by atoms with Crippen molar-refractivity contribution in [1.29, 1.82) is 5.26 Å². The number of nitriles is 1. The van der Waals surface area contributed by atoms with Gasteiger partial charge in [0, 0.05) is 5.69 Å². The molecule has 2 amide bonds. The van der Waals surface area contributed by atoms with E-state index in [1.54, 1.807) is 13.0 Å². The molecule has 0 heterocycles. The van der Waals surface area contributed by atoms with Crippen molar-refractivity contribution in [1.82, 2.24) is 5.32 Å². The molecule has 0 fully saturated rings. The standard InChI is InChI=1S/C11H10FN3O2/c1-7-2-3-8(6-9(7)12)15-11(17)10(16)14-5-4-13/h2-3,6H,5H2,1H3,(H,14,16)(H,15,17). The second-order valence-corrected chi connectivity index (χ2v) is 3.26. The fraction of sp³-hybridized carbons (Fsp3) is 0.182. The number of aryl methyl sites for hydroxylation is 1. The molecular weight excluding hydrogens is 225 g/mol. The topological polar surface area (TPSA) is 82.0 Å². The van der Waals surface area contributed by atoms with Gasteiger partial charge in [-0.15, -0.1) is 0 Å². The smallest absolute Gasteiger partial charge is 0.313 e. The first-order valence-corrected chi connectivity index (χ1v) is 4.77. The molecule has 1 rings (SSSR count). The highest BCUT2D eigenvalue weighted by Gasteiger charge is 2.13. The highest BCUT2D eigenvalue weighted by molar-refractivity contribution is 6.39. The normalized spacial score (nSPS) is 9.24. The molecule has 1 aromatic rings. The Balaban J connectivity index is 2.65. The van der Waals surface area contributed by atoms with Crippen molar-refractivity contribution < 1.29 is 14.0 Å². The van der Waals surface area contributed by atoms with Crippen LogP contribution in [0.25, 0.3) is 0 Å². The van der Waals surface area contributed by atoms with Gasteiger partial charge in [0.1, 0.15) is 12.4 Å². The van der Waals surface area contributed by atoms with Gasteiger partial charge in [-0.3, -0.25) is 9.59 Å². The number of carbonyl (C=O) groups excluding carboxylic acids is 2. The van der Waals surface area contributed by atoms with Crippen LogP contribution in [-0.2, 0) is 9.59 Å². The van der Waals surface area contributed by atoms with E-state index in [2.05, 4.69) is 10.6 Å². The molecule has 88 valence electrons. The SMILES string of the molecule is Cc1ccc(NC(=O)C(=O)NCC#N)cc1F. The lowest BCUT2D eigenvalue weighted by atomic mass is 10.2. The molecule has 0 atom stereocenters. The minimum Gasteiger partial charge on any atom is -0.335 e. The Kier molecular flexibility index (Phi) is 4.17. The van der Waals surface area contributed by atoms with E-state index in [4.69, 9.17) is 5.26 Å². The first-order valence-electron chi connectivity index (χ1n) is 4.77. The molecule has 17 heavy (non-hydrogen) atoms. The van der Waals surface area contributed by atoms with Gasteiger partial charge in [-0.25, -0.2) is 4.39 Å². The molecule has 0 bridgehead atoms. The van der Waals surface area contributed by atoms with Crippen LogP contribution in [0.1, 0.15) is 5.56 Å². The number of anilines is 1. The van der Waals surface area contributed by atoms with E-state index in [1.165, 1.54) is 12.1 Å². The van der Waals surface area contributed by atoms with Gasteiger partial charge in [-0.1, -0.05) is 6.07 Å². The van der Waals surface area contributed by atoms with Crippen LogP contribution >= 0.6 is 0 Å². The molecule has 0 saturated heterocycles. The van der Waals surface area contributed by atoms with Gasteiger partial charge in [-0.2, -0.15) is 5.26 Å². The Morgan fingerprint density at radius 2 is 2.12 bits per heavy atom. The minimum atomic E-state index is -0.941. The van der Waals surface area contributed by atoms with Crippen LogP contribution < -0.4 is 10.6 Å². The van der Waals surface area contributed by atoms with E-state index < -0.39 is 17.6 Å². The monoisotopic (exact) mass is 235 g/mol. The zero-order chi connectivity index (χ0) is 12.8. The lowest BCUT2D eigenvalue weighted by Gasteiger charge is -2.05. The van der Waals surface area contributed by atoms with Gasteiger partial charge in [-0.05, 0) is 24.6 Å². The van der Waals surface area contributed by atoms with Crippen LogP contribution in [0.4, 0.5) is 10.1 Å². The zero-order valence-electron chi connectivity index (χ0n) is 9.08. The van der Waals surface area contributed by atoms with Gasteiger partial charge >= 0.3 is 11.8 Å². The maximum absolute atomic E-state index is 13.1. The number of halogens is 1. The Labute approximate surface area is 97.2 Å². The Hall–Kier alpha value is -2.42. The number of hydrogen-bond acceptors (Lipinski definition) is 3. The molecule has 0 aliphatic heterocycles.